The fraction of sp³-hybridized carbons (Fsp3) is 0.360. The highest BCUT2D eigenvalue weighted by Crippen LogP contribution is 2.30. The lowest BCUT2D eigenvalue weighted by Crippen LogP contribution is -2.47. The zero-order chi connectivity index (χ0) is 23.1. The van der Waals surface area contributed by atoms with E-state index in [4.69, 9.17) is 10.2 Å². The molecule has 2 aliphatic rings. The Kier molecular flexibility index (Phi) is 6.12. The molecule has 182 valence electrons. The van der Waals surface area contributed by atoms with Gasteiger partial charge in [0.05, 0.1) is 11.8 Å². The summed E-state index contributed by atoms with van der Waals surface area (Å²) in [4.78, 5) is 25.3. The van der Waals surface area contributed by atoms with E-state index in [1.807, 2.05) is 0 Å². The van der Waals surface area contributed by atoms with E-state index in [1.165, 1.54) is 37.7 Å². The lowest BCUT2D eigenvalue weighted by molar-refractivity contribution is 0.0999. The normalized spacial score (nSPS) is 16.3. The molecule has 0 atom stereocenters. The van der Waals surface area contributed by atoms with E-state index in [0.29, 0.717) is 22.9 Å². The van der Waals surface area contributed by atoms with Crippen LogP contribution in [0, 0.1) is 5.92 Å². The standard InChI is InChI=1S/C24H26N8O2.CH4/c25-22(33)17-11-21(34-14-17)20-12-26-23(24-27-15-28-32(20)24)29-18-3-5-19(6-4-18)31-9-7-30(8-10-31)13-16-1-2-16;/h3-6,11-12,14-16H,1-2,7-10,13H2,(H2,25,33)(H,26,29);1H4. The molecule has 0 unspecified atom stereocenters. The third kappa shape index (κ3) is 4.69. The van der Waals surface area contributed by atoms with Crippen LogP contribution in [0.4, 0.5) is 17.2 Å². The zero-order valence-corrected chi connectivity index (χ0v) is 18.7. The fourth-order valence-electron chi connectivity index (χ4n) is 4.42. The summed E-state index contributed by atoms with van der Waals surface area (Å²) in [6.07, 6.45) is 7.22. The zero-order valence-electron chi connectivity index (χ0n) is 18.7. The van der Waals surface area contributed by atoms with Crippen LogP contribution >= 0.6 is 0 Å². The summed E-state index contributed by atoms with van der Waals surface area (Å²) in [5.74, 6) is 1.40. The van der Waals surface area contributed by atoms with Crippen molar-refractivity contribution in [1.29, 1.82) is 0 Å². The van der Waals surface area contributed by atoms with Gasteiger partial charge >= 0.3 is 0 Å². The average molecular weight is 475 g/mol. The van der Waals surface area contributed by atoms with Gasteiger partial charge in [0, 0.05) is 44.1 Å². The second kappa shape index (κ2) is 9.38. The SMILES string of the molecule is C.NC(=O)c1coc(-c2cnc(Nc3ccc(N4CCN(CC5CC5)CC4)cc3)c3ncnn23)c1. The Labute approximate surface area is 203 Å². The van der Waals surface area contributed by atoms with Crippen molar-refractivity contribution in [3.63, 3.8) is 0 Å². The number of hydrogen-bond acceptors (Lipinski definition) is 8. The molecule has 0 radical (unpaired) electrons. The monoisotopic (exact) mass is 474 g/mol. The van der Waals surface area contributed by atoms with Crippen molar-refractivity contribution in [2.75, 3.05) is 42.9 Å². The number of nitrogens with one attached hydrogen (secondary N) is 1. The van der Waals surface area contributed by atoms with Gasteiger partial charge in [-0.3, -0.25) is 9.69 Å². The molecule has 1 amide bonds. The molecule has 2 fully saturated rings. The molecule has 0 bridgehead atoms. The van der Waals surface area contributed by atoms with Crippen LogP contribution in [0.3, 0.4) is 0 Å². The number of amides is 1. The van der Waals surface area contributed by atoms with Crippen molar-refractivity contribution in [2.45, 2.75) is 20.3 Å². The molecule has 1 aliphatic heterocycles. The van der Waals surface area contributed by atoms with Gasteiger partial charge in [0.15, 0.2) is 17.2 Å². The average Bonchev–Trinajstić information content (AvgIpc) is 3.32. The van der Waals surface area contributed by atoms with Gasteiger partial charge in [-0.15, -0.1) is 0 Å². The molecule has 6 rings (SSSR count). The number of aromatic nitrogens is 4. The third-order valence-corrected chi connectivity index (χ3v) is 6.52. The van der Waals surface area contributed by atoms with E-state index in [-0.39, 0.29) is 13.0 Å². The minimum atomic E-state index is -0.556. The lowest BCUT2D eigenvalue weighted by atomic mass is 10.2. The molecule has 4 aromatic rings. The number of nitrogens with zero attached hydrogens (tertiary/aromatic N) is 6. The number of nitrogens with two attached hydrogens (primary N) is 1. The molecule has 1 aliphatic carbocycles. The molecule has 1 aromatic carbocycles. The maximum atomic E-state index is 11.4. The summed E-state index contributed by atoms with van der Waals surface area (Å²) in [6, 6.07) is 9.96. The molecule has 3 N–H and O–H groups in total. The van der Waals surface area contributed by atoms with Crippen LogP contribution < -0.4 is 16.0 Å². The van der Waals surface area contributed by atoms with Gasteiger partial charge in [-0.25, -0.2) is 14.5 Å². The number of hydrogen-bond donors (Lipinski definition) is 2. The molecular weight excluding hydrogens is 444 g/mol. The number of anilines is 3. The highest BCUT2D eigenvalue weighted by atomic mass is 16.3. The van der Waals surface area contributed by atoms with Crippen molar-refractivity contribution >= 4 is 28.7 Å². The van der Waals surface area contributed by atoms with E-state index in [2.05, 4.69) is 54.4 Å². The molecule has 35 heavy (non-hydrogen) atoms. The Morgan fingerprint density at radius 1 is 1.11 bits per heavy atom. The summed E-state index contributed by atoms with van der Waals surface area (Å²) in [6.45, 7) is 5.66. The summed E-state index contributed by atoms with van der Waals surface area (Å²) in [7, 11) is 0. The topological polar surface area (TPSA) is 118 Å². The molecule has 1 saturated heterocycles. The Hall–Kier alpha value is -3.92. The first-order valence-electron chi connectivity index (χ1n) is 11.6. The first-order valence-corrected chi connectivity index (χ1v) is 11.6. The second-order valence-electron chi connectivity index (χ2n) is 8.95. The van der Waals surface area contributed by atoms with Crippen LogP contribution in [0.25, 0.3) is 17.1 Å². The van der Waals surface area contributed by atoms with Crippen LogP contribution in [0.5, 0.6) is 0 Å². The molecule has 10 heteroatoms. The van der Waals surface area contributed by atoms with Crippen molar-refractivity contribution in [3.8, 4) is 11.5 Å². The highest BCUT2D eigenvalue weighted by molar-refractivity contribution is 5.93. The van der Waals surface area contributed by atoms with Crippen LogP contribution in [0.1, 0.15) is 30.6 Å². The summed E-state index contributed by atoms with van der Waals surface area (Å²) < 4.78 is 7.11. The van der Waals surface area contributed by atoms with Gasteiger partial charge in [0.1, 0.15) is 18.3 Å². The fourth-order valence-corrected chi connectivity index (χ4v) is 4.42. The van der Waals surface area contributed by atoms with E-state index >= 15 is 0 Å². The minimum Gasteiger partial charge on any atom is -0.462 e. The Bertz CT molecular complexity index is 1320. The van der Waals surface area contributed by atoms with Crippen molar-refractivity contribution in [3.05, 3.63) is 54.7 Å². The second-order valence-corrected chi connectivity index (χ2v) is 8.95. The molecule has 10 nitrogen and oxygen atoms in total. The molecule has 1 saturated carbocycles. The number of rotatable bonds is 7. The van der Waals surface area contributed by atoms with E-state index < -0.39 is 5.91 Å². The first kappa shape index (κ1) is 22.9. The minimum absolute atomic E-state index is 0. The maximum absolute atomic E-state index is 11.4. The molecule has 4 heterocycles. The summed E-state index contributed by atoms with van der Waals surface area (Å²) >= 11 is 0. The van der Waals surface area contributed by atoms with Crippen molar-refractivity contribution in [1.82, 2.24) is 24.5 Å². The Morgan fingerprint density at radius 3 is 2.57 bits per heavy atom. The molecule has 0 spiro atoms. The van der Waals surface area contributed by atoms with Gasteiger partial charge in [0.2, 0.25) is 0 Å². The van der Waals surface area contributed by atoms with Crippen LogP contribution in [-0.2, 0) is 0 Å². The van der Waals surface area contributed by atoms with Gasteiger partial charge in [-0.05, 0) is 49.1 Å². The van der Waals surface area contributed by atoms with E-state index in [0.717, 1.165) is 37.8 Å². The van der Waals surface area contributed by atoms with Crippen LogP contribution in [0.2, 0.25) is 0 Å². The van der Waals surface area contributed by atoms with Gasteiger partial charge in [-0.2, -0.15) is 5.10 Å². The Balaban J connectivity index is 0.00000253. The number of benzene rings is 1. The number of fused-ring (bicyclic) bond motifs is 1. The summed E-state index contributed by atoms with van der Waals surface area (Å²) in [5.41, 5.74) is 8.88. The first-order chi connectivity index (χ1) is 16.6. The number of piperazine rings is 1. The largest absolute Gasteiger partial charge is 0.462 e. The van der Waals surface area contributed by atoms with Crippen LogP contribution in [0.15, 0.2) is 53.5 Å². The lowest BCUT2D eigenvalue weighted by Gasteiger charge is -2.36. The number of carbonyl (C=O) groups is 1. The number of carbonyl (C=O) groups excluding carboxylic acids is 1. The molecular formula is C25H30N8O2. The predicted molar refractivity (Wildman–Crippen MR) is 135 cm³/mol. The smallest absolute Gasteiger partial charge is 0.251 e. The van der Waals surface area contributed by atoms with Crippen LogP contribution in [-0.4, -0.2) is 63.1 Å². The van der Waals surface area contributed by atoms with Crippen molar-refractivity contribution < 1.29 is 9.21 Å². The van der Waals surface area contributed by atoms with E-state index in [1.54, 1.807) is 16.8 Å². The Morgan fingerprint density at radius 2 is 1.89 bits per heavy atom. The predicted octanol–water partition coefficient (Wildman–Crippen LogP) is 3.39. The highest BCUT2D eigenvalue weighted by Gasteiger charge is 2.26. The third-order valence-electron chi connectivity index (χ3n) is 6.52. The number of primary amides is 1. The van der Waals surface area contributed by atoms with E-state index in [9.17, 15) is 4.79 Å². The van der Waals surface area contributed by atoms with Crippen molar-refractivity contribution in [2.24, 2.45) is 11.7 Å². The quantitative estimate of drug-likeness (QED) is 0.418. The maximum Gasteiger partial charge on any atom is 0.251 e. The molecule has 3 aromatic heterocycles. The number of furan rings is 1. The summed E-state index contributed by atoms with van der Waals surface area (Å²) in [5, 5.41) is 7.63. The van der Waals surface area contributed by atoms with Gasteiger partial charge in [-0.1, -0.05) is 7.43 Å². The van der Waals surface area contributed by atoms with Gasteiger partial charge < -0.3 is 20.4 Å². The van der Waals surface area contributed by atoms with Gasteiger partial charge in [0.25, 0.3) is 5.91 Å².